The number of nitrogens with one attached hydrogen (secondary N) is 1. The van der Waals surface area contributed by atoms with Crippen molar-refractivity contribution in [1.29, 1.82) is 0 Å². The Bertz CT molecular complexity index is 1380. The first kappa shape index (κ1) is 61.6. The molecule has 3 aliphatic heterocycles. The Hall–Kier alpha value is -1.73. The monoisotopic (exact) mass is 994 g/mol. The first-order valence-electron chi connectivity index (χ1n) is 26.1. The number of aliphatic hydroxyl groups is 11. The maximum absolute atomic E-state index is 13.1. The van der Waals surface area contributed by atoms with Gasteiger partial charge in [-0.15, -0.1) is 0 Å². The minimum absolute atomic E-state index is 0.239. The molecule has 0 aromatic heterocycles. The predicted octanol–water partition coefficient (Wildman–Crippen LogP) is 2.03. The van der Waals surface area contributed by atoms with Gasteiger partial charge < -0.3 is 89.9 Å². The van der Waals surface area contributed by atoms with Crippen molar-refractivity contribution in [2.45, 2.75) is 259 Å². The average molecular weight is 994 g/mol. The van der Waals surface area contributed by atoms with E-state index < -0.39 is 124 Å². The maximum Gasteiger partial charge on any atom is 0.220 e. The third-order valence-corrected chi connectivity index (χ3v) is 13.2. The first-order chi connectivity index (χ1) is 33.3. The quantitative estimate of drug-likeness (QED) is 0.0316. The van der Waals surface area contributed by atoms with E-state index in [9.17, 15) is 61.0 Å². The Kier molecular flexibility index (Phi) is 31.6. The van der Waals surface area contributed by atoms with Crippen LogP contribution >= 0.6 is 0 Å². The summed E-state index contributed by atoms with van der Waals surface area (Å²) >= 11 is 0. The van der Waals surface area contributed by atoms with Crippen LogP contribution in [0.3, 0.4) is 0 Å². The van der Waals surface area contributed by atoms with Gasteiger partial charge >= 0.3 is 0 Å². The van der Waals surface area contributed by atoms with Crippen molar-refractivity contribution in [3.63, 3.8) is 0 Å². The molecule has 0 spiro atoms. The molecule has 19 nitrogen and oxygen atoms in total. The number of unbranched alkanes of at least 4 members (excludes halogenated alkanes) is 18. The zero-order valence-electron chi connectivity index (χ0n) is 41.3. The molecule has 3 fully saturated rings. The van der Waals surface area contributed by atoms with Gasteiger partial charge in [-0.1, -0.05) is 134 Å². The smallest absolute Gasteiger partial charge is 0.220 e. The van der Waals surface area contributed by atoms with Crippen LogP contribution in [0, 0.1) is 0 Å². The van der Waals surface area contributed by atoms with Gasteiger partial charge in [-0.25, -0.2) is 0 Å². The number of amides is 1. The van der Waals surface area contributed by atoms with Gasteiger partial charge in [0.05, 0.1) is 38.6 Å². The SMILES string of the molecule is CCC/C=C/C(O)C(COC1OC(CO)C(OC2OC(CO)C(OC3OC(CO)C(O)C(O)C3O)C(O)C2O)C(O)C1O)NC(=O)CCCCCCCCCCC/C=C\CCCCCCCCCC. The molecular formula is C50H91NO18. The Morgan fingerprint density at radius 3 is 1.43 bits per heavy atom. The van der Waals surface area contributed by atoms with Crippen LogP contribution < -0.4 is 5.32 Å². The lowest BCUT2D eigenvalue weighted by molar-refractivity contribution is -0.379. The Morgan fingerprint density at radius 2 is 0.942 bits per heavy atom. The molecule has 17 unspecified atom stereocenters. The van der Waals surface area contributed by atoms with Gasteiger partial charge in [0.2, 0.25) is 5.91 Å². The van der Waals surface area contributed by atoms with Crippen LogP contribution in [-0.2, 0) is 33.2 Å². The third kappa shape index (κ3) is 21.3. The van der Waals surface area contributed by atoms with Crippen LogP contribution in [0.5, 0.6) is 0 Å². The second kappa shape index (κ2) is 35.4. The molecule has 69 heavy (non-hydrogen) atoms. The van der Waals surface area contributed by atoms with Gasteiger partial charge in [0.15, 0.2) is 18.9 Å². The molecule has 3 heterocycles. The van der Waals surface area contributed by atoms with Gasteiger partial charge in [0, 0.05) is 6.42 Å². The van der Waals surface area contributed by atoms with Crippen LogP contribution in [0.25, 0.3) is 0 Å². The molecule has 17 atom stereocenters. The summed E-state index contributed by atoms with van der Waals surface area (Å²) in [6, 6.07) is -0.966. The highest BCUT2D eigenvalue weighted by Crippen LogP contribution is 2.33. The van der Waals surface area contributed by atoms with Crippen LogP contribution in [0.1, 0.15) is 155 Å². The van der Waals surface area contributed by atoms with Gasteiger partial charge in [0.1, 0.15) is 73.2 Å². The highest BCUT2D eigenvalue weighted by atomic mass is 16.8. The second-order valence-electron chi connectivity index (χ2n) is 19.0. The molecule has 3 rings (SSSR count). The number of allylic oxidation sites excluding steroid dienone is 3. The minimum Gasteiger partial charge on any atom is -0.394 e. The van der Waals surface area contributed by atoms with E-state index >= 15 is 0 Å². The van der Waals surface area contributed by atoms with Crippen LogP contribution in [0.15, 0.2) is 24.3 Å². The summed E-state index contributed by atoms with van der Waals surface area (Å²) in [6.45, 7) is 1.46. The van der Waals surface area contributed by atoms with Crippen molar-refractivity contribution in [3.05, 3.63) is 24.3 Å². The van der Waals surface area contributed by atoms with Crippen molar-refractivity contribution < 1.29 is 89.4 Å². The van der Waals surface area contributed by atoms with E-state index in [1.54, 1.807) is 12.2 Å². The van der Waals surface area contributed by atoms with Gasteiger partial charge in [-0.3, -0.25) is 4.79 Å². The summed E-state index contributed by atoms with van der Waals surface area (Å²) in [6.07, 6.45) is 5.95. The van der Waals surface area contributed by atoms with Crippen molar-refractivity contribution in [2.24, 2.45) is 0 Å². The zero-order valence-corrected chi connectivity index (χ0v) is 41.3. The highest BCUT2D eigenvalue weighted by molar-refractivity contribution is 5.76. The lowest BCUT2D eigenvalue weighted by Gasteiger charge is -2.48. The summed E-state index contributed by atoms with van der Waals surface area (Å²) in [5.74, 6) is -0.291. The molecule has 0 bridgehead atoms. The molecule has 0 aliphatic carbocycles. The largest absolute Gasteiger partial charge is 0.394 e. The highest BCUT2D eigenvalue weighted by Gasteiger charge is 2.53. The summed E-state index contributed by atoms with van der Waals surface area (Å²) in [5.41, 5.74) is 0. The summed E-state index contributed by atoms with van der Waals surface area (Å²) in [4.78, 5) is 13.1. The molecule has 0 radical (unpaired) electrons. The molecule has 0 aromatic rings. The number of hydrogen-bond donors (Lipinski definition) is 12. The fraction of sp³-hybridized carbons (Fsp3) is 0.900. The lowest BCUT2D eigenvalue weighted by Crippen LogP contribution is -2.66. The molecule has 0 saturated carbocycles. The number of carbonyl (C=O) groups is 1. The minimum atomic E-state index is -1.97. The zero-order chi connectivity index (χ0) is 50.6. The number of rotatable bonds is 36. The second-order valence-corrected chi connectivity index (χ2v) is 19.0. The average Bonchev–Trinajstić information content (AvgIpc) is 3.34. The molecule has 0 aromatic carbocycles. The van der Waals surface area contributed by atoms with E-state index in [0.717, 1.165) is 32.1 Å². The van der Waals surface area contributed by atoms with E-state index in [1.807, 2.05) is 6.92 Å². The normalized spacial score (nSPS) is 33.0. The van der Waals surface area contributed by atoms with Crippen LogP contribution in [0.2, 0.25) is 0 Å². The standard InChI is InChI=1S/C50H91NO18/c1-3-5-7-8-9-10-11-12-13-14-15-16-17-18-19-20-21-22-23-24-26-28-38(56)51-33(34(55)27-25-6-4-2)32-64-48-44(62)41(59)46(36(30-53)66-48)69-50-45(63)42(60)47(37(31-54)67-50)68-49-43(61)40(58)39(57)35(29-52)65-49/h14-15,25,27,33-37,39-50,52-55,57-63H,3-13,16-24,26,28-32H2,1-2H3,(H,51,56)/b15-14-,27-25+. The molecule has 19 heteroatoms. The van der Waals surface area contributed by atoms with Crippen molar-refractivity contribution in [3.8, 4) is 0 Å². The number of hydrogen-bond acceptors (Lipinski definition) is 18. The van der Waals surface area contributed by atoms with Crippen LogP contribution in [-0.4, -0.2) is 193 Å². The molecule has 1 amide bonds. The van der Waals surface area contributed by atoms with E-state index in [2.05, 4.69) is 24.4 Å². The Morgan fingerprint density at radius 1 is 0.507 bits per heavy atom. The van der Waals surface area contributed by atoms with Crippen LogP contribution in [0.4, 0.5) is 0 Å². The van der Waals surface area contributed by atoms with E-state index in [0.29, 0.717) is 12.8 Å². The predicted molar refractivity (Wildman–Crippen MR) is 254 cm³/mol. The van der Waals surface area contributed by atoms with E-state index in [-0.39, 0.29) is 18.9 Å². The molecular weight excluding hydrogens is 903 g/mol. The molecule has 404 valence electrons. The van der Waals surface area contributed by atoms with E-state index in [1.165, 1.54) is 89.9 Å². The number of ether oxygens (including phenoxy) is 6. The van der Waals surface area contributed by atoms with Gasteiger partial charge in [0.25, 0.3) is 0 Å². The summed E-state index contributed by atoms with van der Waals surface area (Å²) < 4.78 is 33.9. The Balaban J connectivity index is 1.41. The summed E-state index contributed by atoms with van der Waals surface area (Å²) in [5, 5.41) is 119. The van der Waals surface area contributed by atoms with Crippen molar-refractivity contribution in [2.75, 3.05) is 26.4 Å². The first-order valence-corrected chi connectivity index (χ1v) is 26.1. The number of carbonyl (C=O) groups excluding carboxylic acids is 1. The van der Waals surface area contributed by atoms with Crippen molar-refractivity contribution >= 4 is 5.91 Å². The van der Waals surface area contributed by atoms with Gasteiger partial charge in [-0.05, 0) is 38.5 Å². The fourth-order valence-corrected chi connectivity index (χ4v) is 8.84. The van der Waals surface area contributed by atoms with Gasteiger partial charge in [-0.2, -0.15) is 0 Å². The lowest BCUT2D eigenvalue weighted by atomic mass is 9.96. The Labute approximate surface area is 409 Å². The number of aliphatic hydroxyl groups excluding tert-OH is 11. The summed E-state index contributed by atoms with van der Waals surface area (Å²) in [7, 11) is 0. The van der Waals surface area contributed by atoms with E-state index in [4.69, 9.17) is 28.4 Å². The molecule has 12 N–H and O–H groups in total. The topological polar surface area (TPSA) is 307 Å². The maximum atomic E-state index is 13.1. The molecule has 3 saturated heterocycles. The van der Waals surface area contributed by atoms with Crippen molar-refractivity contribution in [1.82, 2.24) is 5.32 Å². The molecule has 3 aliphatic rings. The fourth-order valence-electron chi connectivity index (χ4n) is 8.84. The third-order valence-electron chi connectivity index (χ3n) is 13.2.